The Kier molecular flexibility index (Phi) is 6.26. The molecule has 0 aliphatic carbocycles. The summed E-state index contributed by atoms with van der Waals surface area (Å²) in [5.74, 6) is 4.20. The molecule has 10 nitrogen and oxygen atoms in total. The zero-order valence-corrected chi connectivity index (χ0v) is 18.9. The lowest BCUT2D eigenvalue weighted by atomic mass is 10.1. The first-order chi connectivity index (χ1) is 16.2. The molecule has 4 rings (SSSR count). The van der Waals surface area contributed by atoms with E-state index in [0.29, 0.717) is 19.0 Å². The summed E-state index contributed by atoms with van der Waals surface area (Å²) in [5.41, 5.74) is 5.06. The summed E-state index contributed by atoms with van der Waals surface area (Å²) in [5, 5.41) is 9.46. The van der Waals surface area contributed by atoms with Gasteiger partial charge in [0.15, 0.2) is 11.2 Å². The van der Waals surface area contributed by atoms with Gasteiger partial charge in [-0.3, -0.25) is 18.5 Å². The van der Waals surface area contributed by atoms with Crippen LogP contribution in [-0.4, -0.2) is 48.9 Å². The van der Waals surface area contributed by atoms with E-state index in [1.807, 2.05) is 4.90 Å². The number of aromatic nitrogens is 4. The maximum Gasteiger partial charge on any atom is 0.336 e. The number of aromatic carboxylic acids is 1. The number of nitrogens with two attached hydrogens (primary N) is 1. The first-order valence-electron chi connectivity index (χ1n) is 10.8. The SMILES string of the molecule is CC#CCn1c(N2CCC[C@@H](N)C2)nc2c1c(=O)n(Cc1ccc(F)cc1C(=O)O)c(=O)n2C. The molecule has 0 unspecified atom stereocenters. The minimum atomic E-state index is -1.35. The average molecular weight is 468 g/mol. The summed E-state index contributed by atoms with van der Waals surface area (Å²) in [4.78, 5) is 44.9. The largest absolute Gasteiger partial charge is 0.478 e. The number of carboxylic acids is 1. The van der Waals surface area contributed by atoms with E-state index in [1.54, 1.807) is 11.5 Å². The van der Waals surface area contributed by atoms with E-state index in [4.69, 9.17) is 5.73 Å². The second-order valence-corrected chi connectivity index (χ2v) is 8.28. The molecule has 34 heavy (non-hydrogen) atoms. The molecule has 0 spiro atoms. The molecule has 1 atom stereocenters. The van der Waals surface area contributed by atoms with Gasteiger partial charge in [-0.15, -0.1) is 5.92 Å². The lowest BCUT2D eigenvalue weighted by Crippen LogP contribution is -2.44. The number of anilines is 1. The zero-order valence-electron chi connectivity index (χ0n) is 18.9. The third-order valence-electron chi connectivity index (χ3n) is 6.00. The predicted octanol–water partition coefficient (Wildman–Crippen LogP) is 0.733. The van der Waals surface area contributed by atoms with Crippen LogP contribution in [0.15, 0.2) is 27.8 Å². The summed E-state index contributed by atoms with van der Waals surface area (Å²) in [6.07, 6.45) is 1.76. The predicted molar refractivity (Wildman–Crippen MR) is 125 cm³/mol. The Labute approximate surface area is 194 Å². The lowest BCUT2D eigenvalue weighted by molar-refractivity contribution is 0.0695. The van der Waals surface area contributed by atoms with Crippen molar-refractivity contribution in [3.8, 4) is 11.8 Å². The van der Waals surface area contributed by atoms with Crippen molar-refractivity contribution in [1.82, 2.24) is 18.7 Å². The Morgan fingerprint density at radius 1 is 1.32 bits per heavy atom. The van der Waals surface area contributed by atoms with Crippen LogP contribution < -0.4 is 21.9 Å². The molecule has 3 heterocycles. The number of piperidine rings is 1. The fourth-order valence-corrected chi connectivity index (χ4v) is 4.30. The highest BCUT2D eigenvalue weighted by atomic mass is 19.1. The van der Waals surface area contributed by atoms with E-state index >= 15 is 0 Å². The van der Waals surface area contributed by atoms with Gasteiger partial charge >= 0.3 is 11.7 Å². The van der Waals surface area contributed by atoms with Crippen LogP contribution in [0, 0.1) is 17.7 Å². The topological polar surface area (TPSA) is 128 Å². The van der Waals surface area contributed by atoms with Crippen molar-refractivity contribution in [2.75, 3.05) is 18.0 Å². The van der Waals surface area contributed by atoms with Crippen LogP contribution in [0.5, 0.6) is 0 Å². The molecule has 0 amide bonds. The number of rotatable bonds is 5. The Hall–Kier alpha value is -3.91. The van der Waals surface area contributed by atoms with E-state index in [-0.39, 0.29) is 41.4 Å². The summed E-state index contributed by atoms with van der Waals surface area (Å²) in [6, 6.07) is 3.18. The van der Waals surface area contributed by atoms with Crippen molar-refractivity contribution in [2.24, 2.45) is 12.8 Å². The number of aryl methyl sites for hydroxylation is 1. The summed E-state index contributed by atoms with van der Waals surface area (Å²) in [7, 11) is 1.50. The number of fused-ring (bicyclic) bond motifs is 1. The highest BCUT2D eigenvalue weighted by Crippen LogP contribution is 2.23. The number of nitrogens with zero attached hydrogens (tertiary/aromatic N) is 5. The molecule has 178 valence electrons. The minimum Gasteiger partial charge on any atom is -0.478 e. The molecule has 1 aromatic carbocycles. The monoisotopic (exact) mass is 468 g/mol. The van der Waals surface area contributed by atoms with Crippen molar-refractivity contribution >= 4 is 23.1 Å². The summed E-state index contributed by atoms with van der Waals surface area (Å²) < 4.78 is 17.5. The van der Waals surface area contributed by atoms with Crippen LogP contribution in [0.2, 0.25) is 0 Å². The molecule has 11 heteroatoms. The highest BCUT2D eigenvalue weighted by molar-refractivity contribution is 5.89. The third-order valence-corrected chi connectivity index (χ3v) is 6.00. The number of benzene rings is 1. The molecule has 0 bridgehead atoms. The maximum absolute atomic E-state index is 13.6. The van der Waals surface area contributed by atoms with E-state index < -0.39 is 23.0 Å². The number of imidazole rings is 1. The molecule has 1 aliphatic rings. The fraction of sp³-hybridized carbons (Fsp3) is 0.391. The third kappa shape index (κ3) is 4.08. The van der Waals surface area contributed by atoms with Gasteiger partial charge in [0.05, 0.1) is 18.7 Å². The smallest absolute Gasteiger partial charge is 0.336 e. The van der Waals surface area contributed by atoms with Crippen LogP contribution in [0.3, 0.4) is 0 Å². The van der Waals surface area contributed by atoms with Crippen molar-refractivity contribution < 1.29 is 14.3 Å². The molecule has 1 aliphatic heterocycles. The number of hydrogen-bond acceptors (Lipinski definition) is 6. The van der Waals surface area contributed by atoms with Crippen LogP contribution >= 0.6 is 0 Å². The van der Waals surface area contributed by atoms with Crippen molar-refractivity contribution in [3.05, 3.63) is 56.0 Å². The molecule has 2 aromatic heterocycles. The Morgan fingerprint density at radius 2 is 2.09 bits per heavy atom. The highest BCUT2D eigenvalue weighted by Gasteiger charge is 2.26. The first-order valence-corrected chi connectivity index (χ1v) is 10.8. The maximum atomic E-state index is 13.6. The van der Waals surface area contributed by atoms with Crippen LogP contribution in [0.1, 0.15) is 35.7 Å². The van der Waals surface area contributed by atoms with Gasteiger partial charge in [-0.05, 0) is 37.5 Å². The zero-order chi connectivity index (χ0) is 24.6. The quantitative estimate of drug-likeness (QED) is 0.529. The number of halogens is 1. The Balaban J connectivity index is 1.94. The van der Waals surface area contributed by atoms with Gasteiger partial charge < -0.3 is 15.7 Å². The normalized spacial score (nSPS) is 15.9. The van der Waals surface area contributed by atoms with Gasteiger partial charge in [-0.25, -0.2) is 14.0 Å². The second kappa shape index (κ2) is 9.15. The van der Waals surface area contributed by atoms with Crippen LogP contribution in [0.4, 0.5) is 10.3 Å². The van der Waals surface area contributed by atoms with Gasteiger partial charge in [0.1, 0.15) is 5.82 Å². The molecule has 1 saturated heterocycles. The molecule has 3 N–H and O–H groups in total. The van der Waals surface area contributed by atoms with E-state index in [0.717, 1.165) is 29.5 Å². The van der Waals surface area contributed by atoms with E-state index in [9.17, 15) is 23.9 Å². The summed E-state index contributed by atoms with van der Waals surface area (Å²) in [6.45, 7) is 2.79. The second-order valence-electron chi connectivity index (χ2n) is 8.28. The summed E-state index contributed by atoms with van der Waals surface area (Å²) >= 11 is 0. The number of carbonyl (C=O) groups is 1. The first kappa shape index (κ1) is 23.3. The van der Waals surface area contributed by atoms with Gasteiger partial charge in [0, 0.05) is 26.2 Å². The minimum absolute atomic E-state index is 0.0346. The molecule has 1 fully saturated rings. The van der Waals surface area contributed by atoms with Crippen molar-refractivity contribution in [1.29, 1.82) is 0 Å². The van der Waals surface area contributed by atoms with Gasteiger partial charge in [0.25, 0.3) is 5.56 Å². The number of carboxylic acid groups (broad SMARTS) is 1. The lowest BCUT2D eigenvalue weighted by Gasteiger charge is -2.31. The molecular formula is C23H25FN6O4. The standard InChI is InChI=1S/C23H25FN6O4/c1-3-4-10-29-18-19(26-22(29)28-9-5-6-16(25)13-28)27(2)23(34)30(20(18)31)12-14-7-8-15(24)11-17(14)21(32)33/h7-8,11,16H,5-6,9-10,12-13,25H2,1-2H3,(H,32,33)/t16-/m1/s1. The molecule has 3 aromatic rings. The Bertz CT molecular complexity index is 1460. The van der Waals surface area contributed by atoms with Gasteiger partial charge in [-0.1, -0.05) is 12.0 Å². The number of hydrogen-bond donors (Lipinski definition) is 2. The van der Waals surface area contributed by atoms with Gasteiger partial charge in [0.2, 0.25) is 5.95 Å². The fourth-order valence-electron chi connectivity index (χ4n) is 4.30. The van der Waals surface area contributed by atoms with Crippen LogP contribution in [-0.2, 0) is 20.1 Å². The molecule has 0 radical (unpaired) electrons. The molecule has 0 saturated carbocycles. The van der Waals surface area contributed by atoms with Crippen LogP contribution in [0.25, 0.3) is 11.2 Å². The Morgan fingerprint density at radius 3 is 2.76 bits per heavy atom. The average Bonchev–Trinajstić information content (AvgIpc) is 3.19. The van der Waals surface area contributed by atoms with Crippen molar-refractivity contribution in [2.45, 2.75) is 38.9 Å². The molecular weight excluding hydrogens is 443 g/mol. The van der Waals surface area contributed by atoms with E-state index in [1.165, 1.54) is 17.7 Å². The van der Waals surface area contributed by atoms with Crippen molar-refractivity contribution in [3.63, 3.8) is 0 Å². The van der Waals surface area contributed by atoms with E-state index in [2.05, 4.69) is 16.8 Å². The van der Waals surface area contributed by atoms with Gasteiger partial charge in [-0.2, -0.15) is 4.98 Å².